The van der Waals surface area contributed by atoms with Gasteiger partial charge in [-0.15, -0.1) is 10.2 Å². The van der Waals surface area contributed by atoms with Crippen molar-refractivity contribution in [3.8, 4) is 0 Å². The van der Waals surface area contributed by atoms with Crippen molar-refractivity contribution in [2.45, 2.75) is 24.9 Å². The third-order valence-corrected chi connectivity index (χ3v) is 4.34. The van der Waals surface area contributed by atoms with Gasteiger partial charge in [-0.25, -0.2) is 4.68 Å². The summed E-state index contributed by atoms with van der Waals surface area (Å²) in [6.45, 7) is 1.80. The average Bonchev–Trinajstić information content (AvgIpc) is 2.76. The number of carbonyl (C=O) groups excluding carboxylic acids is 1. The van der Waals surface area contributed by atoms with Crippen LogP contribution < -0.4 is 5.84 Å². The minimum Gasteiger partial charge on any atom is -0.336 e. The highest BCUT2D eigenvalue weighted by molar-refractivity contribution is 9.10. The molecule has 0 aliphatic heterocycles. The van der Waals surface area contributed by atoms with Gasteiger partial charge in [-0.1, -0.05) is 39.8 Å². The zero-order chi connectivity index (χ0) is 14.5. The van der Waals surface area contributed by atoms with Gasteiger partial charge in [0.05, 0.1) is 0 Å². The van der Waals surface area contributed by atoms with Crippen molar-refractivity contribution in [1.82, 2.24) is 14.9 Å². The van der Waals surface area contributed by atoms with E-state index in [9.17, 15) is 4.79 Å². The lowest BCUT2D eigenvalue weighted by molar-refractivity contribution is 0.0982. The number of Topliss-reactive ketones (excluding diaryl/α,β-unsaturated/α-hetero) is 1. The number of ketones is 1. The third-order valence-electron chi connectivity index (χ3n) is 2.78. The number of aryl methyl sites for hydroxylation is 1. The lowest BCUT2D eigenvalue weighted by Crippen LogP contribution is -2.11. The molecule has 2 rings (SSSR count). The summed E-state index contributed by atoms with van der Waals surface area (Å²) in [6.07, 6.45) is 1.30. The molecule has 106 valence electrons. The van der Waals surface area contributed by atoms with Gasteiger partial charge in [-0.05, 0) is 25.5 Å². The number of benzene rings is 1. The van der Waals surface area contributed by atoms with Crippen LogP contribution in [-0.2, 0) is 0 Å². The van der Waals surface area contributed by atoms with Crippen molar-refractivity contribution < 1.29 is 4.79 Å². The standard InChI is InChI=1S/C13H15BrN4OS/c1-9-16-17-13(18(9)15)20-8-2-3-12(19)10-4-6-11(14)7-5-10/h4-7H,2-3,8,15H2,1H3. The van der Waals surface area contributed by atoms with Crippen molar-refractivity contribution in [3.05, 3.63) is 40.1 Å². The second-order valence-electron chi connectivity index (χ2n) is 4.28. The van der Waals surface area contributed by atoms with E-state index in [2.05, 4.69) is 26.1 Å². The third kappa shape index (κ3) is 3.83. The SMILES string of the molecule is Cc1nnc(SCCCC(=O)c2ccc(Br)cc2)n1N. The molecule has 2 N–H and O–H groups in total. The number of hydrogen-bond donors (Lipinski definition) is 1. The summed E-state index contributed by atoms with van der Waals surface area (Å²) < 4.78 is 2.43. The summed E-state index contributed by atoms with van der Waals surface area (Å²) in [4.78, 5) is 12.0. The van der Waals surface area contributed by atoms with Gasteiger partial charge in [-0.3, -0.25) is 4.79 Å². The molecule has 20 heavy (non-hydrogen) atoms. The first-order chi connectivity index (χ1) is 9.58. The van der Waals surface area contributed by atoms with Crippen molar-refractivity contribution in [2.24, 2.45) is 0 Å². The Kier molecular flexibility index (Phi) is 5.19. The maximum absolute atomic E-state index is 12.0. The maximum atomic E-state index is 12.0. The molecule has 0 radical (unpaired) electrons. The molecule has 0 amide bonds. The van der Waals surface area contributed by atoms with Crippen LogP contribution in [0.2, 0.25) is 0 Å². The number of carbonyl (C=O) groups is 1. The second-order valence-corrected chi connectivity index (χ2v) is 6.26. The van der Waals surface area contributed by atoms with Crippen LogP contribution in [0.15, 0.2) is 33.9 Å². The van der Waals surface area contributed by atoms with Crippen molar-refractivity contribution in [1.29, 1.82) is 0 Å². The fourth-order valence-corrected chi connectivity index (χ4v) is 2.73. The molecule has 0 saturated heterocycles. The first-order valence-corrected chi connectivity index (χ1v) is 7.94. The van der Waals surface area contributed by atoms with Gasteiger partial charge in [-0.2, -0.15) is 0 Å². The van der Waals surface area contributed by atoms with E-state index in [0.29, 0.717) is 17.4 Å². The minimum atomic E-state index is 0.156. The monoisotopic (exact) mass is 354 g/mol. The smallest absolute Gasteiger partial charge is 0.209 e. The topological polar surface area (TPSA) is 73.8 Å². The van der Waals surface area contributed by atoms with E-state index in [-0.39, 0.29) is 5.78 Å². The molecule has 0 fully saturated rings. The summed E-state index contributed by atoms with van der Waals surface area (Å²) in [5, 5.41) is 8.52. The van der Waals surface area contributed by atoms with E-state index in [1.807, 2.05) is 24.3 Å². The first-order valence-electron chi connectivity index (χ1n) is 6.16. The van der Waals surface area contributed by atoms with E-state index in [1.54, 1.807) is 6.92 Å². The summed E-state index contributed by atoms with van der Waals surface area (Å²) >= 11 is 4.86. The Hall–Kier alpha value is -1.34. The van der Waals surface area contributed by atoms with E-state index < -0.39 is 0 Å². The van der Waals surface area contributed by atoms with Gasteiger partial charge >= 0.3 is 0 Å². The molecule has 1 aromatic heterocycles. The predicted molar refractivity (Wildman–Crippen MR) is 83.3 cm³/mol. The van der Waals surface area contributed by atoms with Crippen LogP contribution in [0.3, 0.4) is 0 Å². The van der Waals surface area contributed by atoms with Crippen LogP contribution in [0.25, 0.3) is 0 Å². The summed E-state index contributed by atoms with van der Waals surface area (Å²) in [5.41, 5.74) is 0.746. The number of nitrogens with zero attached hydrogens (tertiary/aromatic N) is 3. The average molecular weight is 355 g/mol. The van der Waals surface area contributed by atoms with E-state index in [1.165, 1.54) is 16.4 Å². The fraction of sp³-hybridized carbons (Fsp3) is 0.308. The molecule has 1 aromatic carbocycles. The normalized spacial score (nSPS) is 10.7. The Morgan fingerprint density at radius 1 is 1.35 bits per heavy atom. The van der Waals surface area contributed by atoms with Gasteiger partial charge in [0.1, 0.15) is 5.82 Å². The Morgan fingerprint density at radius 2 is 2.05 bits per heavy atom. The molecular weight excluding hydrogens is 340 g/mol. The quantitative estimate of drug-likeness (QED) is 0.373. The van der Waals surface area contributed by atoms with E-state index in [4.69, 9.17) is 5.84 Å². The highest BCUT2D eigenvalue weighted by atomic mass is 79.9. The first kappa shape index (κ1) is 15.1. The van der Waals surface area contributed by atoms with E-state index in [0.717, 1.165) is 22.2 Å². The molecule has 2 aromatic rings. The summed E-state index contributed by atoms with van der Waals surface area (Å²) in [7, 11) is 0. The lowest BCUT2D eigenvalue weighted by atomic mass is 10.1. The predicted octanol–water partition coefficient (Wildman–Crippen LogP) is 2.82. The zero-order valence-electron chi connectivity index (χ0n) is 11.0. The highest BCUT2D eigenvalue weighted by Crippen LogP contribution is 2.17. The largest absolute Gasteiger partial charge is 0.336 e. The number of thioether (sulfide) groups is 1. The number of nitrogen functional groups attached to an aromatic ring is 1. The van der Waals surface area contributed by atoms with Gasteiger partial charge < -0.3 is 5.84 Å². The molecule has 0 spiro atoms. The van der Waals surface area contributed by atoms with E-state index >= 15 is 0 Å². The van der Waals surface area contributed by atoms with Crippen LogP contribution in [-0.4, -0.2) is 26.4 Å². The molecule has 0 aliphatic rings. The number of aromatic nitrogens is 3. The van der Waals surface area contributed by atoms with Crippen molar-refractivity contribution in [3.63, 3.8) is 0 Å². The Morgan fingerprint density at radius 3 is 2.65 bits per heavy atom. The van der Waals surface area contributed by atoms with Gasteiger partial charge in [0, 0.05) is 22.2 Å². The van der Waals surface area contributed by atoms with Crippen molar-refractivity contribution in [2.75, 3.05) is 11.6 Å². The molecule has 0 bridgehead atoms. The lowest BCUT2D eigenvalue weighted by Gasteiger charge is -2.02. The number of hydrogen-bond acceptors (Lipinski definition) is 5. The molecule has 7 heteroatoms. The van der Waals surface area contributed by atoms with Crippen LogP contribution in [0.5, 0.6) is 0 Å². The Balaban J connectivity index is 1.77. The molecule has 5 nitrogen and oxygen atoms in total. The van der Waals surface area contributed by atoms with Crippen LogP contribution in [0.1, 0.15) is 29.0 Å². The van der Waals surface area contributed by atoms with Gasteiger partial charge in [0.25, 0.3) is 0 Å². The van der Waals surface area contributed by atoms with Crippen LogP contribution >= 0.6 is 27.7 Å². The highest BCUT2D eigenvalue weighted by Gasteiger charge is 2.08. The van der Waals surface area contributed by atoms with Crippen LogP contribution in [0, 0.1) is 6.92 Å². The second kappa shape index (κ2) is 6.90. The maximum Gasteiger partial charge on any atom is 0.209 e. The minimum absolute atomic E-state index is 0.156. The van der Waals surface area contributed by atoms with Gasteiger partial charge in [0.15, 0.2) is 5.78 Å². The molecule has 0 aliphatic carbocycles. The summed E-state index contributed by atoms with van der Waals surface area (Å²) in [6, 6.07) is 7.42. The zero-order valence-corrected chi connectivity index (χ0v) is 13.4. The molecule has 0 saturated carbocycles. The number of nitrogens with two attached hydrogens (primary N) is 1. The molecular formula is C13H15BrN4OS. The number of halogens is 1. The Labute approximate surface area is 130 Å². The molecule has 0 atom stereocenters. The van der Waals surface area contributed by atoms with Crippen molar-refractivity contribution >= 4 is 33.5 Å². The Bertz CT molecular complexity index is 597. The summed E-state index contributed by atoms with van der Waals surface area (Å²) in [5.74, 6) is 7.37. The van der Waals surface area contributed by atoms with Crippen LogP contribution in [0.4, 0.5) is 0 Å². The number of rotatable bonds is 6. The molecule has 0 unspecified atom stereocenters. The fourth-order valence-electron chi connectivity index (χ4n) is 1.62. The van der Waals surface area contributed by atoms with Gasteiger partial charge in [0.2, 0.25) is 5.16 Å². The molecule has 1 heterocycles.